The molecule has 2 fully saturated rings. The maximum atomic E-state index is 12.5. The quantitative estimate of drug-likeness (QED) is 0.475. The number of nitrogens with one attached hydrogen (secondary N) is 1. The average Bonchev–Trinajstić information content (AvgIpc) is 2.82. The molecule has 32 heavy (non-hydrogen) atoms. The highest BCUT2D eigenvalue weighted by molar-refractivity contribution is 5.95. The van der Waals surface area contributed by atoms with Crippen molar-refractivity contribution in [3.63, 3.8) is 0 Å². The Morgan fingerprint density at radius 2 is 1.31 bits per heavy atom. The largest absolute Gasteiger partial charge is 0.447 e. The zero-order valence-corrected chi connectivity index (χ0v) is 17.4. The Morgan fingerprint density at radius 1 is 0.750 bits per heavy atom. The molecule has 0 aliphatic carbocycles. The molecule has 11 nitrogen and oxygen atoms in total. The van der Waals surface area contributed by atoms with Gasteiger partial charge in [-0.2, -0.15) is 0 Å². The number of nitro benzene ring substituents is 2. The van der Waals surface area contributed by atoms with E-state index in [0.29, 0.717) is 50.8 Å². The van der Waals surface area contributed by atoms with E-state index < -0.39 is 15.5 Å². The third kappa shape index (κ3) is 3.34. The van der Waals surface area contributed by atoms with Crippen molar-refractivity contribution >= 4 is 22.7 Å². The van der Waals surface area contributed by atoms with Gasteiger partial charge in [-0.1, -0.05) is 12.1 Å². The van der Waals surface area contributed by atoms with Gasteiger partial charge in [0.2, 0.25) is 11.4 Å². The lowest BCUT2D eigenvalue weighted by atomic mass is 10.0. The SMILES string of the molecule is O=[N+]([O-])c1c2c(c(N3CCNCC3)c([N+](=O)[O-])c1N1CCCCC1)Oc1ccccc1O2. The normalized spacial score (nSPS) is 17.6. The van der Waals surface area contributed by atoms with E-state index in [2.05, 4.69) is 5.32 Å². The maximum Gasteiger partial charge on any atom is 0.345 e. The van der Waals surface area contributed by atoms with Crippen LogP contribution in [0.5, 0.6) is 23.0 Å². The second kappa shape index (κ2) is 8.15. The van der Waals surface area contributed by atoms with Gasteiger partial charge in [0.15, 0.2) is 17.2 Å². The number of anilines is 2. The Labute approximate surface area is 183 Å². The molecule has 0 aromatic heterocycles. The van der Waals surface area contributed by atoms with E-state index in [9.17, 15) is 20.2 Å². The lowest BCUT2D eigenvalue weighted by molar-refractivity contribution is -0.392. The van der Waals surface area contributed by atoms with Crippen LogP contribution in [0.15, 0.2) is 24.3 Å². The standard InChI is InChI=1S/C21H23N5O6/c27-25(28)17-16(23-10-4-1-5-11-23)19(26(29)30)21-20(18(17)24-12-8-22-9-13-24)31-14-6-2-3-7-15(14)32-21/h2-3,6-7,22H,1,4-5,8-13H2. The zero-order chi connectivity index (χ0) is 22.2. The zero-order valence-electron chi connectivity index (χ0n) is 17.4. The van der Waals surface area contributed by atoms with Crippen LogP contribution in [0.1, 0.15) is 19.3 Å². The average molecular weight is 441 g/mol. The highest BCUT2D eigenvalue weighted by atomic mass is 16.6. The van der Waals surface area contributed by atoms with Gasteiger partial charge in [-0.15, -0.1) is 0 Å². The molecule has 0 amide bonds. The first-order chi connectivity index (χ1) is 15.6. The summed E-state index contributed by atoms with van der Waals surface area (Å²) in [4.78, 5) is 27.3. The predicted octanol–water partition coefficient (Wildman–Crippen LogP) is 3.80. The van der Waals surface area contributed by atoms with Gasteiger partial charge in [-0.05, 0) is 31.4 Å². The summed E-state index contributed by atoms with van der Waals surface area (Å²) in [7, 11) is 0. The van der Waals surface area contributed by atoms with Gasteiger partial charge in [-0.3, -0.25) is 20.2 Å². The van der Waals surface area contributed by atoms with Gasteiger partial charge in [0.1, 0.15) is 0 Å². The molecule has 0 saturated carbocycles. The summed E-state index contributed by atoms with van der Waals surface area (Å²) in [5, 5.41) is 28.0. The van der Waals surface area contributed by atoms with Crippen LogP contribution in [0.4, 0.5) is 22.7 Å². The Balaban J connectivity index is 1.82. The van der Waals surface area contributed by atoms with E-state index in [4.69, 9.17) is 9.47 Å². The highest BCUT2D eigenvalue weighted by Gasteiger charge is 2.45. The highest BCUT2D eigenvalue weighted by Crippen LogP contribution is 2.61. The van der Waals surface area contributed by atoms with Crippen molar-refractivity contribution < 1.29 is 19.3 Å². The number of ether oxygens (including phenoxy) is 2. The molecule has 2 saturated heterocycles. The van der Waals surface area contributed by atoms with Crippen LogP contribution in [0.3, 0.4) is 0 Å². The summed E-state index contributed by atoms with van der Waals surface area (Å²) >= 11 is 0. The summed E-state index contributed by atoms with van der Waals surface area (Å²) in [5.41, 5.74) is -0.452. The van der Waals surface area contributed by atoms with Gasteiger partial charge in [-0.25, -0.2) is 0 Å². The first kappa shape index (κ1) is 20.3. The summed E-state index contributed by atoms with van der Waals surface area (Å²) in [6, 6.07) is 6.83. The van der Waals surface area contributed by atoms with Crippen LogP contribution in [-0.4, -0.2) is 49.1 Å². The molecular weight excluding hydrogens is 418 g/mol. The number of benzene rings is 2. The molecule has 0 atom stereocenters. The predicted molar refractivity (Wildman–Crippen MR) is 117 cm³/mol. The Bertz CT molecular complexity index is 1080. The Hall–Kier alpha value is -3.60. The fraction of sp³-hybridized carbons (Fsp3) is 0.429. The number of hydrogen-bond donors (Lipinski definition) is 1. The lowest BCUT2D eigenvalue weighted by Crippen LogP contribution is -2.44. The van der Waals surface area contributed by atoms with Crippen LogP contribution < -0.4 is 24.6 Å². The van der Waals surface area contributed by atoms with Crippen LogP contribution in [0, 0.1) is 20.2 Å². The second-order valence-electron chi connectivity index (χ2n) is 8.00. The van der Waals surface area contributed by atoms with E-state index >= 15 is 0 Å². The van der Waals surface area contributed by atoms with Gasteiger partial charge >= 0.3 is 11.4 Å². The number of piperazine rings is 1. The molecule has 3 aliphatic rings. The van der Waals surface area contributed by atoms with E-state index in [1.165, 1.54) is 0 Å². The molecule has 168 valence electrons. The maximum absolute atomic E-state index is 12.5. The summed E-state index contributed by atoms with van der Waals surface area (Å²) in [6.45, 7) is 3.32. The van der Waals surface area contributed by atoms with Crippen molar-refractivity contribution in [1.82, 2.24) is 5.32 Å². The molecule has 11 heteroatoms. The minimum Gasteiger partial charge on any atom is -0.447 e. The van der Waals surface area contributed by atoms with Gasteiger partial charge < -0.3 is 24.6 Å². The smallest absolute Gasteiger partial charge is 0.345 e. The van der Waals surface area contributed by atoms with Gasteiger partial charge in [0, 0.05) is 39.3 Å². The molecule has 0 spiro atoms. The van der Waals surface area contributed by atoms with E-state index in [0.717, 1.165) is 19.3 Å². The number of nitro groups is 2. The first-order valence-electron chi connectivity index (χ1n) is 10.7. The summed E-state index contributed by atoms with van der Waals surface area (Å²) < 4.78 is 12.1. The van der Waals surface area contributed by atoms with Crippen molar-refractivity contribution in [2.75, 3.05) is 49.1 Å². The van der Waals surface area contributed by atoms with Crippen LogP contribution in [0.2, 0.25) is 0 Å². The number of rotatable bonds is 4. The fourth-order valence-electron chi connectivity index (χ4n) is 4.62. The number of para-hydroxylation sites is 2. The van der Waals surface area contributed by atoms with Crippen LogP contribution >= 0.6 is 0 Å². The minimum absolute atomic E-state index is 0.00923. The van der Waals surface area contributed by atoms with Gasteiger partial charge in [0.25, 0.3) is 5.75 Å². The third-order valence-electron chi connectivity index (χ3n) is 6.05. The Kier molecular flexibility index (Phi) is 5.17. The fourth-order valence-corrected chi connectivity index (χ4v) is 4.62. The van der Waals surface area contributed by atoms with Crippen LogP contribution in [0.25, 0.3) is 0 Å². The molecule has 0 bridgehead atoms. The molecule has 3 aliphatic heterocycles. The molecule has 0 unspecified atom stereocenters. The summed E-state index contributed by atoms with van der Waals surface area (Å²) in [5.74, 6) is 0.664. The summed E-state index contributed by atoms with van der Waals surface area (Å²) in [6.07, 6.45) is 2.61. The first-order valence-corrected chi connectivity index (χ1v) is 10.7. The monoisotopic (exact) mass is 441 g/mol. The molecule has 3 heterocycles. The molecule has 5 rings (SSSR count). The van der Waals surface area contributed by atoms with E-state index in [1.807, 2.05) is 4.90 Å². The van der Waals surface area contributed by atoms with E-state index in [-0.39, 0.29) is 28.6 Å². The topological polar surface area (TPSA) is 123 Å². The van der Waals surface area contributed by atoms with Crippen LogP contribution in [-0.2, 0) is 0 Å². The third-order valence-corrected chi connectivity index (χ3v) is 6.05. The number of fused-ring (bicyclic) bond motifs is 2. The van der Waals surface area contributed by atoms with Crippen molar-refractivity contribution in [3.8, 4) is 23.0 Å². The molecule has 1 N–H and O–H groups in total. The van der Waals surface area contributed by atoms with Crippen molar-refractivity contribution in [3.05, 3.63) is 44.5 Å². The number of piperidine rings is 1. The molecule has 0 radical (unpaired) electrons. The number of nitrogens with zero attached hydrogens (tertiary/aromatic N) is 4. The number of hydrogen-bond acceptors (Lipinski definition) is 9. The minimum atomic E-state index is -0.589. The van der Waals surface area contributed by atoms with Crippen molar-refractivity contribution in [2.45, 2.75) is 19.3 Å². The second-order valence-corrected chi connectivity index (χ2v) is 8.00. The van der Waals surface area contributed by atoms with Crippen molar-refractivity contribution in [1.29, 1.82) is 0 Å². The molecule has 2 aromatic carbocycles. The molecule has 2 aromatic rings. The Morgan fingerprint density at radius 3 is 1.91 bits per heavy atom. The van der Waals surface area contributed by atoms with E-state index in [1.54, 1.807) is 29.2 Å². The lowest BCUT2D eigenvalue weighted by Gasteiger charge is -2.35. The van der Waals surface area contributed by atoms with Crippen molar-refractivity contribution in [2.24, 2.45) is 0 Å². The molecular formula is C21H23N5O6. The van der Waals surface area contributed by atoms with Gasteiger partial charge in [0.05, 0.1) is 9.85 Å².